The van der Waals surface area contributed by atoms with Crippen molar-refractivity contribution in [1.82, 2.24) is 25.1 Å². The van der Waals surface area contributed by atoms with Crippen molar-refractivity contribution in [2.45, 2.75) is 25.2 Å². The van der Waals surface area contributed by atoms with Gasteiger partial charge in [-0.1, -0.05) is 24.3 Å². The number of likely N-dealkylation sites (N-methyl/N-ethyl adjacent to an activating group) is 1. The van der Waals surface area contributed by atoms with E-state index in [1.807, 2.05) is 13.1 Å². The fourth-order valence-corrected chi connectivity index (χ4v) is 3.79. The molecule has 1 aromatic carbocycles. The van der Waals surface area contributed by atoms with Crippen LogP contribution in [0.3, 0.4) is 0 Å². The summed E-state index contributed by atoms with van der Waals surface area (Å²) in [5.74, 6) is 0.0572. The Hall–Kier alpha value is -2.55. The fraction of sp³-hybridized carbons (Fsp3) is 0.476. The first kappa shape index (κ1) is 19.8. The number of ether oxygens (including phenoxy) is 1. The van der Waals surface area contributed by atoms with Crippen LogP contribution >= 0.6 is 0 Å². The number of likely N-dealkylation sites (tertiary alicyclic amines) is 1. The predicted octanol–water partition coefficient (Wildman–Crippen LogP) is 0.318. The summed E-state index contributed by atoms with van der Waals surface area (Å²) < 4.78 is 5.74. The molecule has 4 rings (SSSR count). The summed E-state index contributed by atoms with van der Waals surface area (Å²) in [7, 11) is 2.02. The molecule has 0 radical (unpaired) electrons. The van der Waals surface area contributed by atoms with Gasteiger partial charge in [0.2, 0.25) is 5.88 Å². The van der Waals surface area contributed by atoms with Gasteiger partial charge in [-0.25, -0.2) is 9.97 Å². The van der Waals surface area contributed by atoms with Crippen LogP contribution in [0, 0.1) is 0 Å². The molecule has 1 aromatic heterocycles. The molecule has 3 heterocycles. The molecule has 1 atom stereocenters. The molecule has 2 aromatic rings. The van der Waals surface area contributed by atoms with Crippen LogP contribution in [-0.4, -0.2) is 82.8 Å². The Morgan fingerprint density at radius 1 is 1.31 bits per heavy atom. The Morgan fingerprint density at radius 2 is 2.10 bits per heavy atom. The first-order valence-corrected chi connectivity index (χ1v) is 9.99. The molecule has 1 fully saturated rings. The Bertz CT molecular complexity index is 856. The third kappa shape index (κ3) is 5.09. The van der Waals surface area contributed by atoms with Gasteiger partial charge >= 0.3 is 0 Å². The molecule has 154 valence electrons. The van der Waals surface area contributed by atoms with Crippen molar-refractivity contribution in [3.05, 3.63) is 53.5 Å². The second-order valence-corrected chi connectivity index (χ2v) is 7.82. The molecule has 1 unspecified atom stereocenters. The number of carbonyl (C=O) groups is 1. The molecular formula is C21H27N5O3. The summed E-state index contributed by atoms with van der Waals surface area (Å²) in [6.07, 6.45) is 1.76. The van der Waals surface area contributed by atoms with Crippen LogP contribution in [0.4, 0.5) is 0 Å². The van der Waals surface area contributed by atoms with Crippen LogP contribution in [0.15, 0.2) is 36.7 Å². The van der Waals surface area contributed by atoms with Crippen LogP contribution < -0.4 is 10.1 Å². The molecule has 1 amide bonds. The third-order valence-corrected chi connectivity index (χ3v) is 5.37. The molecule has 0 aliphatic carbocycles. The number of carbonyl (C=O) groups excluding carboxylic acids is 1. The van der Waals surface area contributed by atoms with Crippen LogP contribution in [0.1, 0.15) is 21.6 Å². The molecule has 0 spiro atoms. The summed E-state index contributed by atoms with van der Waals surface area (Å²) >= 11 is 0. The highest BCUT2D eigenvalue weighted by Gasteiger charge is 2.25. The number of benzene rings is 1. The van der Waals surface area contributed by atoms with Crippen molar-refractivity contribution in [3.63, 3.8) is 0 Å². The number of aromatic nitrogens is 2. The van der Waals surface area contributed by atoms with Crippen molar-refractivity contribution in [1.29, 1.82) is 0 Å². The second kappa shape index (κ2) is 8.86. The van der Waals surface area contributed by atoms with Gasteiger partial charge in [0, 0.05) is 45.3 Å². The molecule has 2 aliphatic rings. The number of hydrogen-bond acceptors (Lipinski definition) is 7. The lowest BCUT2D eigenvalue weighted by molar-refractivity contribution is 0.0353. The summed E-state index contributed by atoms with van der Waals surface area (Å²) in [6, 6.07) is 9.94. The summed E-state index contributed by atoms with van der Waals surface area (Å²) in [6.45, 7) is 4.11. The highest BCUT2D eigenvalue weighted by atomic mass is 16.5. The van der Waals surface area contributed by atoms with Crippen LogP contribution in [0.2, 0.25) is 0 Å². The van der Waals surface area contributed by atoms with Crippen LogP contribution in [-0.2, 0) is 13.0 Å². The minimum Gasteiger partial charge on any atom is -0.472 e. The van der Waals surface area contributed by atoms with E-state index in [0.29, 0.717) is 12.4 Å². The number of aliphatic hydroxyl groups excluding tert-OH is 1. The number of aliphatic hydroxyl groups is 1. The van der Waals surface area contributed by atoms with E-state index in [-0.39, 0.29) is 24.2 Å². The standard InChI is InChI=1S/C21H27N5O3/c1-25-12-18(13-25)29-20-8-19(23-14-24-20)21(28)22-9-17(27)11-26-7-6-15-4-2-3-5-16(15)10-26/h2-5,8,14,17-18,27H,6-7,9-13H2,1H3,(H,22,28). The minimum atomic E-state index is -0.646. The molecule has 8 nitrogen and oxygen atoms in total. The zero-order chi connectivity index (χ0) is 20.2. The highest BCUT2D eigenvalue weighted by molar-refractivity contribution is 5.92. The van der Waals surface area contributed by atoms with E-state index in [2.05, 4.69) is 43.3 Å². The Balaban J connectivity index is 1.24. The van der Waals surface area contributed by atoms with Gasteiger partial charge in [0.25, 0.3) is 5.91 Å². The predicted molar refractivity (Wildman–Crippen MR) is 108 cm³/mol. The van der Waals surface area contributed by atoms with E-state index >= 15 is 0 Å². The number of hydrogen-bond donors (Lipinski definition) is 2. The van der Waals surface area contributed by atoms with Crippen molar-refractivity contribution >= 4 is 5.91 Å². The zero-order valence-corrected chi connectivity index (χ0v) is 16.6. The monoisotopic (exact) mass is 397 g/mol. The van der Waals surface area contributed by atoms with Gasteiger partial charge in [-0.2, -0.15) is 0 Å². The molecule has 1 saturated heterocycles. The third-order valence-electron chi connectivity index (χ3n) is 5.37. The van der Waals surface area contributed by atoms with Crippen molar-refractivity contribution in [2.24, 2.45) is 0 Å². The summed E-state index contributed by atoms with van der Waals surface area (Å²) in [5.41, 5.74) is 2.92. The number of rotatable bonds is 7. The minimum absolute atomic E-state index is 0.0994. The lowest BCUT2D eigenvalue weighted by Gasteiger charge is -2.35. The molecule has 0 saturated carbocycles. The smallest absolute Gasteiger partial charge is 0.270 e. The van der Waals surface area contributed by atoms with E-state index in [1.165, 1.54) is 17.5 Å². The Kier molecular flexibility index (Phi) is 6.03. The molecule has 8 heteroatoms. The number of amides is 1. The fourth-order valence-electron chi connectivity index (χ4n) is 3.79. The molecule has 2 N–H and O–H groups in total. The van der Waals surface area contributed by atoms with Gasteiger partial charge in [0.15, 0.2) is 0 Å². The topological polar surface area (TPSA) is 90.8 Å². The Labute approximate surface area is 170 Å². The van der Waals surface area contributed by atoms with Gasteiger partial charge in [-0.05, 0) is 24.6 Å². The lowest BCUT2D eigenvalue weighted by Crippen LogP contribution is -2.51. The van der Waals surface area contributed by atoms with E-state index in [4.69, 9.17) is 4.74 Å². The summed E-state index contributed by atoms with van der Waals surface area (Å²) in [4.78, 5) is 24.8. The van der Waals surface area contributed by atoms with Gasteiger partial charge in [-0.3, -0.25) is 14.6 Å². The maximum Gasteiger partial charge on any atom is 0.270 e. The molecule has 2 aliphatic heterocycles. The van der Waals surface area contributed by atoms with Crippen molar-refractivity contribution < 1.29 is 14.6 Å². The lowest BCUT2D eigenvalue weighted by atomic mass is 10.00. The number of nitrogens with one attached hydrogen (secondary N) is 1. The molecule has 29 heavy (non-hydrogen) atoms. The number of fused-ring (bicyclic) bond motifs is 1. The van der Waals surface area contributed by atoms with E-state index in [0.717, 1.165) is 32.6 Å². The SMILES string of the molecule is CN1CC(Oc2cc(C(=O)NCC(O)CN3CCc4ccccc4C3)ncn2)C1. The summed E-state index contributed by atoms with van der Waals surface area (Å²) in [5, 5.41) is 13.1. The Morgan fingerprint density at radius 3 is 2.90 bits per heavy atom. The van der Waals surface area contributed by atoms with Crippen molar-refractivity contribution in [3.8, 4) is 5.88 Å². The van der Waals surface area contributed by atoms with Gasteiger partial charge in [0.1, 0.15) is 18.1 Å². The van der Waals surface area contributed by atoms with Crippen molar-refractivity contribution in [2.75, 3.05) is 39.8 Å². The number of β-amino-alcohol motifs (C(OH)–C–C–N with tert-alkyl or cyclic N) is 1. The highest BCUT2D eigenvalue weighted by Crippen LogP contribution is 2.18. The largest absolute Gasteiger partial charge is 0.472 e. The average molecular weight is 397 g/mol. The molecular weight excluding hydrogens is 370 g/mol. The maximum atomic E-state index is 12.4. The van der Waals surface area contributed by atoms with Gasteiger partial charge in [-0.15, -0.1) is 0 Å². The maximum absolute atomic E-state index is 12.4. The molecule has 0 bridgehead atoms. The van der Waals surface area contributed by atoms with Crippen LogP contribution in [0.25, 0.3) is 0 Å². The van der Waals surface area contributed by atoms with E-state index < -0.39 is 6.10 Å². The average Bonchev–Trinajstić information content (AvgIpc) is 2.71. The zero-order valence-electron chi connectivity index (χ0n) is 16.6. The quantitative estimate of drug-likeness (QED) is 0.695. The van der Waals surface area contributed by atoms with Gasteiger partial charge < -0.3 is 15.2 Å². The van der Waals surface area contributed by atoms with Gasteiger partial charge in [0.05, 0.1) is 6.10 Å². The van der Waals surface area contributed by atoms with E-state index in [9.17, 15) is 9.90 Å². The van der Waals surface area contributed by atoms with Crippen LogP contribution in [0.5, 0.6) is 5.88 Å². The number of nitrogens with zero attached hydrogens (tertiary/aromatic N) is 4. The van der Waals surface area contributed by atoms with E-state index in [1.54, 1.807) is 6.07 Å². The first-order valence-electron chi connectivity index (χ1n) is 9.99. The second-order valence-electron chi connectivity index (χ2n) is 7.82. The normalized spacial score (nSPS) is 18.6. The first-order chi connectivity index (χ1) is 14.1.